The molecule has 2 nitrogen and oxygen atoms in total. The zero-order valence-corrected chi connectivity index (χ0v) is 5.43. The van der Waals surface area contributed by atoms with Crippen LogP contribution < -0.4 is 5.32 Å². The van der Waals surface area contributed by atoms with Gasteiger partial charge in [-0.1, -0.05) is 0 Å². The molecule has 1 rings (SSSR count). The van der Waals surface area contributed by atoms with Crippen molar-refractivity contribution in [3.63, 3.8) is 0 Å². The Balaban J connectivity index is 0.000000360. The second-order valence-corrected chi connectivity index (χ2v) is 1.82. The Morgan fingerprint density at radius 1 is 1.57 bits per heavy atom. The number of nitrogens with zero attached hydrogens (tertiary/aromatic N) is 1. The first-order valence-electron chi connectivity index (χ1n) is 2.01. The first-order chi connectivity index (χ1) is 2.89. The topological polar surface area (TPSA) is 15.3 Å². The molecule has 0 saturated carbocycles. The van der Waals surface area contributed by atoms with Crippen LogP contribution >= 0.6 is 24.2 Å². The Morgan fingerprint density at radius 2 is 2.29 bits per heavy atom. The predicted octanol–water partition coefficient (Wildman–Crippen LogP) is 0.425. The molecule has 0 bridgehead atoms. The summed E-state index contributed by atoms with van der Waals surface area (Å²) in [4.78, 5) is 0. The zero-order chi connectivity index (χ0) is 4.41. The van der Waals surface area contributed by atoms with E-state index in [0.29, 0.717) is 0 Å². The normalized spacial score (nSPS) is 21.9. The maximum atomic E-state index is 5.48. The third-order valence-electron chi connectivity index (χ3n) is 0.815. The average molecular weight is 143 g/mol. The van der Waals surface area contributed by atoms with Crippen molar-refractivity contribution in [3.8, 4) is 0 Å². The third kappa shape index (κ3) is 2.34. The first-order valence-corrected chi connectivity index (χ1v) is 2.35. The Bertz CT molecular complexity index is 44.2. The van der Waals surface area contributed by atoms with Gasteiger partial charge in [0.25, 0.3) is 0 Å². The van der Waals surface area contributed by atoms with E-state index < -0.39 is 0 Å². The predicted molar refractivity (Wildman–Crippen MR) is 32.7 cm³/mol. The SMILES string of the molecule is Cl.ClN1CCNC1. The molecular formula is C3H8Cl2N2. The highest BCUT2D eigenvalue weighted by Crippen LogP contribution is 1.93. The molecule has 1 aliphatic rings. The van der Waals surface area contributed by atoms with Gasteiger partial charge in [-0.15, -0.1) is 12.4 Å². The van der Waals surface area contributed by atoms with Crippen molar-refractivity contribution in [1.82, 2.24) is 9.74 Å². The van der Waals surface area contributed by atoms with E-state index in [1.807, 2.05) is 0 Å². The fraction of sp³-hybridized carbons (Fsp3) is 1.00. The molecular weight excluding hydrogens is 135 g/mol. The molecule has 44 valence electrons. The summed E-state index contributed by atoms with van der Waals surface area (Å²) < 4.78 is 1.72. The van der Waals surface area contributed by atoms with Crippen LogP contribution in [0.1, 0.15) is 0 Å². The summed E-state index contributed by atoms with van der Waals surface area (Å²) >= 11 is 5.48. The minimum Gasteiger partial charge on any atom is -0.302 e. The van der Waals surface area contributed by atoms with E-state index in [9.17, 15) is 0 Å². The van der Waals surface area contributed by atoms with Crippen LogP contribution in [0.15, 0.2) is 0 Å². The van der Waals surface area contributed by atoms with Gasteiger partial charge in [0.2, 0.25) is 0 Å². The van der Waals surface area contributed by atoms with Crippen molar-refractivity contribution >= 4 is 24.2 Å². The molecule has 0 aliphatic carbocycles. The first kappa shape index (κ1) is 7.50. The monoisotopic (exact) mass is 142 g/mol. The van der Waals surface area contributed by atoms with E-state index in [4.69, 9.17) is 11.8 Å². The van der Waals surface area contributed by atoms with E-state index in [1.165, 1.54) is 0 Å². The molecule has 0 spiro atoms. The molecule has 0 amide bonds. The van der Waals surface area contributed by atoms with Crippen molar-refractivity contribution in [2.75, 3.05) is 19.8 Å². The van der Waals surface area contributed by atoms with E-state index >= 15 is 0 Å². The van der Waals surface area contributed by atoms with Crippen molar-refractivity contribution < 1.29 is 0 Å². The Kier molecular flexibility index (Phi) is 3.75. The Morgan fingerprint density at radius 3 is 2.43 bits per heavy atom. The lowest BCUT2D eigenvalue weighted by molar-refractivity contribution is 0.557. The molecule has 1 fully saturated rings. The van der Waals surface area contributed by atoms with Gasteiger partial charge in [0.1, 0.15) is 0 Å². The third-order valence-corrected chi connectivity index (χ3v) is 1.10. The van der Waals surface area contributed by atoms with Crippen molar-refractivity contribution in [1.29, 1.82) is 0 Å². The minimum atomic E-state index is 0. The summed E-state index contributed by atoms with van der Waals surface area (Å²) in [5.74, 6) is 0. The maximum Gasteiger partial charge on any atom is 0.0629 e. The molecule has 0 atom stereocenters. The molecule has 4 heteroatoms. The lowest BCUT2D eigenvalue weighted by Crippen LogP contribution is -2.10. The second kappa shape index (κ2) is 3.50. The summed E-state index contributed by atoms with van der Waals surface area (Å²) in [7, 11) is 0. The number of halogens is 2. The second-order valence-electron chi connectivity index (χ2n) is 1.34. The van der Waals surface area contributed by atoms with E-state index in [2.05, 4.69) is 5.32 Å². The van der Waals surface area contributed by atoms with Gasteiger partial charge in [-0.2, -0.15) is 0 Å². The van der Waals surface area contributed by atoms with Gasteiger partial charge in [0.15, 0.2) is 0 Å². The number of hydrogen-bond acceptors (Lipinski definition) is 2. The summed E-state index contributed by atoms with van der Waals surface area (Å²) in [6.07, 6.45) is 0. The molecule has 1 saturated heterocycles. The van der Waals surface area contributed by atoms with Gasteiger partial charge in [-0.05, 0) is 11.8 Å². The zero-order valence-electron chi connectivity index (χ0n) is 3.85. The van der Waals surface area contributed by atoms with Crippen molar-refractivity contribution in [2.45, 2.75) is 0 Å². The van der Waals surface area contributed by atoms with Gasteiger partial charge in [0.05, 0.1) is 6.67 Å². The van der Waals surface area contributed by atoms with Crippen LogP contribution in [0.2, 0.25) is 0 Å². The van der Waals surface area contributed by atoms with Gasteiger partial charge >= 0.3 is 0 Å². The van der Waals surface area contributed by atoms with Crippen LogP contribution in [0.5, 0.6) is 0 Å². The fourth-order valence-electron chi connectivity index (χ4n) is 0.480. The van der Waals surface area contributed by atoms with Gasteiger partial charge in [0, 0.05) is 13.1 Å². The molecule has 1 heterocycles. The highest BCUT2D eigenvalue weighted by atomic mass is 35.5. The molecule has 0 aromatic rings. The fourth-order valence-corrected chi connectivity index (χ4v) is 0.649. The molecule has 1 N–H and O–H groups in total. The van der Waals surface area contributed by atoms with Crippen LogP contribution in [-0.2, 0) is 0 Å². The number of nitrogens with one attached hydrogen (secondary N) is 1. The highest BCUT2D eigenvalue weighted by Gasteiger charge is 2.04. The Labute approximate surface area is 54.3 Å². The summed E-state index contributed by atoms with van der Waals surface area (Å²) in [5, 5.41) is 3.07. The van der Waals surface area contributed by atoms with E-state index in [-0.39, 0.29) is 12.4 Å². The highest BCUT2D eigenvalue weighted by molar-refractivity contribution is 6.13. The van der Waals surface area contributed by atoms with E-state index in [0.717, 1.165) is 19.8 Å². The van der Waals surface area contributed by atoms with Gasteiger partial charge < -0.3 is 5.32 Å². The lowest BCUT2D eigenvalue weighted by Gasteiger charge is -1.95. The van der Waals surface area contributed by atoms with Gasteiger partial charge in [-0.3, -0.25) is 0 Å². The summed E-state index contributed by atoms with van der Waals surface area (Å²) in [6.45, 7) is 2.84. The average Bonchev–Trinajstić information content (AvgIpc) is 1.86. The maximum absolute atomic E-state index is 5.48. The molecule has 0 aromatic heterocycles. The van der Waals surface area contributed by atoms with Crippen LogP contribution in [-0.4, -0.2) is 24.2 Å². The lowest BCUT2D eigenvalue weighted by atomic mass is 10.7. The quantitative estimate of drug-likeness (QED) is 0.494. The van der Waals surface area contributed by atoms with Crippen LogP contribution in [0, 0.1) is 0 Å². The largest absolute Gasteiger partial charge is 0.302 e. The number of rotatable bonds is 0. The molecule has 0 radical (unpaired) electrons. The van der Waals surface area contributed by atoms with Crippen LogP contribution in [0.25, 0.3) is 0 Å². The summed E-state index contributed by atoms with van der Waals surface area (Å²) in [6, 6.07) is 0. The molecule has 0 unspecified atom stereocenters. The molecule has 7 heavy (non-hydrogen) atoms. The van der Waals surface area contributed by atoms with Crippen molar-refractivity contribution in [2.24, 2.45) is 0 Å². The Hall–Kier alpha value is 0.500. The smallest absolute Gasteiger partial charge is 0.0629 e. The number of hydrogen-bond donors (Lipinski definition) is 1. The van der Waals surface area contributed by atoms with Crippen LogP contribution in [0.4, 0.5) is 0 Å². The minimum absolute atomic E-state index is 0. The van der Waals surface area contributed by atoms with Gasteiger partial charge in [-0.25, -0.2) is 4.42 Å². The standard InChI is InChI=1S/C3H7ClN2.ClH/c4-6-2-1-5-3-6;/h5H,1-3H2;1H. The molecule has 0 aromatic carbocycles. The van der Waals surface area contributed by atoms with Crippen molar-refractivity contribution in [3.05, 3.63) is 0 Å². The summed E-state index contributed by atoms with van der Waals surface area (Å²) in [5.41, 5.74) is 0. The van der Waals surface area contributed by atoms with E-state index in [1.54, 1.807) is 4.42 Å². The van der Waals surface area contributed by atoms with Crippen LogP contribution in [0.3, 0.4) is 0 Å². The molecule has 1 aliphatic heterocycles.